The molecule has 0 N–H and O–H groups in total. The van der Waals surface area contributed by atoms with E-state index in [9.17, 15) is 0 Å². The van der Waals surface area contributed by atoms with Crippen molar-refractivity contribution in [2.75, 3.05) is 25.9 Å². The first-order chi connectivity index (χ1) is 8.29. The van der Waals surface area contributed by atoms with Crippen molar-refractivity contribution in [3.8, 4) is 0 Å². The Kier molecular flexibility index (Phi) is 4.93. The van der Waals surface area contributed by atoms with Crippen LogP contribution in [0.15, 0.2) is 18.2 Å². The minimum absolute atomic E-state index is 0.945. The maximum atomic E-state index is 4.26. The van der Waals surface area contributed by atoms with E-state index in [1.165, 1.54) is 31.2 Å². The van der Waals surface area contributed by atoms with Gasteiger partial charge >= 0.3 is 0 Å². The topological polar surface area (TPSA) is 3.24 Å². The minimum atomic E-state index is 0.945. The Bertz CT molecular complexity index is 362. The van der Waals surface area contributed by atoms with Crippen LogP contribution < -0.4 is 0 Å². The average molecular weight is 249 g/mol. The highest BCUT2D eigenvalue weighted by Gasteiger charge is 2.09. The van der Waals surface area contributed by atoms with E-state index >= 15 is 0 Å². The Morgan fingerprint density at radius 3 is 2.65 bits per heavy atom. The maximum Gasteiger partial charge on any atom is 0.00669 e. The monoisotopic (exact) mass is 249 g/mol. The van der Waals surface area contributed by atoms with Crippen LogP contribution in [0, 0.1) is 0 Å². The van der Waals surface area contributed by atoms with Crippen molar-refractivity contribution in [2.45, 2.75) is 32.1 Å². The second kappa shape index (κ2) is 6.46. The van der Waals surface area contributed by atoms with Gasteiger partial charge in [-0.25, -0.2) is 0 Å². The molecule has 0 unspecified atom stereocenters. The second-order valence-electron chi connectivity index (χ2n) is 5.09. The highest BCUT2D eigenvalue weighted by Crippen LogP contribution is 2.22. The van der Waals surface area contributed by atoms with Gasteiger partial charge in [-0.3, -0.25) is 0 Å². The molecule has 1 aliphatic rings. The third-order valence-corrected chi connectivity index (χ3v) is 3.88. The third kappa shape index (κ3) is 3.75. The number of hydrogen-bond acceptors (Lipinski definition) is 2. The van der Waals surface area contributed by atoms with Gasteiger partial charge in [-0.1, -0.05) is 18.2 Å². The van der Waals surface area contributed by atoms with Gasteiger partial charge in [0.25, 0.3) is 0 Å². The highest BCUT2D eigenvalue weighted by molar-refractivity contribution is 7.80. The van der Waals surface area contributed by atoms with Gasteiger partial charge < -0.3 is 4.90 Å². The normalized spacial score (nSPS) is 15.0. The zero-order chi connectivity index (χ0) is 12.1. The summed E-state index contributed by atoms with van der Waals surface area (Å²) in [5.41, 5.74) is 4.69. The molecule has 0 spiro atoms. The van der Waals surface area contributed by atoms with Crippen LogP contribution >= 0.6 is 12.6 Å². The summed E-state index contributed by atoms with van der Waals surface area (Å²) >= 11 is 4.26. The molecule has 0 aromatic heterocycles. The van der Waals surface area contributed by atoms with Crippen LogP contribution in [0.2, 0.25) is 0 Å². The van der Waals surface area contributed by atoms with Crippen LogP contribution in [0.3, 0.4) is 0 Å². The predicted molar refractivity (Wildman–Crippen MR) is 78.1 cm³/mol. The summed E-state index contributed by atoms with van der Waals surface area (Å²) in [7, 11) is 2.18. The van der Waals surface area contributed by atoms with Gasteiger partial charge in [-0.15, -0.1) is 0 Å². The van der Waals surface area contributed by atoms with Gasteiger partial charge in [0, 0.05) is 18.8 Å². The Labute approximate surface area is 111 Å². The first kappa shape index (κ1) is 13.0. The largest absolute Gasteiger partial charge is 0.305 e. The Hall–Kier alpha value is -0.470. The molecule has 0 bridgehead atoms. The summed E-state index contributed by atoms with van der Waals surface area (Å²) < 4.78 is 0. The molecule has 0 saturated carbocycles. The summed E-state index contributed by atoms with van der Waals surface area (Å²) in [6.45, 7) is 2.22. The summed E-state index contributed by atoms with van der Waals surface area (Å²) in [5.74, 6) is 0.945. The summed E-state index contributed by atoms with van der Waals surface area (Å²) in [5, 5.41) is 0. The lowest BCUT2D eigenvalue weighted by Crippen LogP contribution is -2.23. The van der Waals surface area contributed by atoms with Crippen LogP contribution in [0.1, 0.15) is 29.5 Å². The minimum Gasteiger partial charge on any atom is -0.305 e. The molecule has 1 aliphatic carbocycles. The van der Waals surface area contributed by atoms with E-state index in [2.05, 4.69) is 42.8 Å². The molecule has 0 saturated heterocycles. The molecule has 1 nitrogen and oxygen atoms in total. The average Bonchev–Trinajstić information content (AvgIpc) is 2.36. The van der Waals surface area contributed by atoms with Gasteiger partial charge in [0.15, 0.2) is 0 Å². The molecule has 0 radical (unpaired) electrons. The van der Waals surface area contributed by atoms with Crippen molar-refractivity contribution >= 4 is 12.6 Å². The van der Waals surface area contributed by atoms with Crippen LogP contribution in [-0.4, -0.2) is 30.8 Å². The Morgan fingerprint density at radius 1 is 1.12 bits per heavy atom. The zero-order valence-electron chi connectivity index (χ0n) is 10.8. The molecule has 0 heterocycles. The number of aryl methyl sites for hydroxylation is 2. The number of hydrogen-bond donors (Lipinski definition) is 1. The molecule has 1 aromatic carbocycles. The smallest absolute Gasteiger partial charge is 0.00669 e. The van der Waals surface area contributed by atoms with Crippen LogP contribution in [-0.2, 0) is 19.3 Å². The number of rotatable bonds is 5. The van der Waals surface area contributed by atoms with E-state index in [-0.39, 0.29) is 0 Å². The van der Waals surface area contributed by atoms with E-state index in [0.29, 0.717) is 0 Å². The molecule has 1 aromatic rings. The fraction of sp³-hybridized carbons (Fsp3) is 0.600. The van der Waals surface area contributed by atoms with Crippen molar-refractivity contribution < 1.29 is 0 Å². The van der Waals surface area contributed by atoms with Crippen molar-refractivity contribution in [1.82, 2.24) is 4.90 Å². The van der Waals surface area contributed by atoms with Crippen molar-refractivity contribution in [2.24, 2.45) is 0 Å². The molecule has 0 amide bonds. The molecular weight excluding hydrogens is 226 g/mol. The number of thiol groups is 1. The van der Waals surface area contributed by atoms with E-state index < -0.39 is 0 Å². The Morgan fingerprint density at radius 2 is 1.88 bits per heavy atom. The van der Waals surface area contributed by atoms with Crippen LogP contribution in [0.25, 0.3) is 0 Å². The lowest BCUT2D eigenvalue weighted by molar-refractivity contribution is 0.361. The van der Waals surface area contributed by atoms with Gasteiger partial charge in [-0.2, -0.15) is 12.6 Å². The highest BCUT2D eigenvalue weighted by atomic mass is 32.1. The Balaban J connectivity index is 1.93. The van der Waals surface area contributed by atoms with Gasteiger partial charge in [-0.05, 0) is 55.8 Å². The van der Waals surface area contributed by atoms with Gasteiger partial charge in [0.1, 0.15) is 0 Å². The number of nitrogens with zero attached hydrogens (tertiary/aromatic N) is 1. The predicted octanol–water partition coefficient (Wildman–Crippen LogP) is 2.97. The standard InChI is InChI=1S/C15H23NS/c1-16(10-11-17)9-8-13-6-7-14-4-2-3-5-15(14)12-13/h6-7,12,17H,2-5,8-11H2,1H3. The summed E-state index contributed by atoms with van der Waals surface area (Å²) in [4.78, 5) is 2.35. The molecule has 17 heavy (non-hydrogen) atoms. The van der Waals surface area contributed by atoms with E-state index in [1.807, 2.05) is 0 Å². The quantitative estimate of drug-likeness (QED) is 0.785. The molecular formula is C15H23NS. The zero-order valence-corrected chi connectivity index (χ0v) is 11.7. The molecule has 2 heteroatoms. The SMILES string of the molecule is CN(CCS)CCc1ccc2c(c1)CCCC2. The number of benzene rings is 1. The lowest BCUT2D eigenvalue weighted by atomic mass is 9.90. The maximum absolute atomic E-state index is 4.26. The van der Waals surface area contributed by atoms with E-state index in [1.54, 1.807) is 11.1 Å². The number of fused-ring (bicyclic) bond motifs is 1. The third-order valence-electron chi connectivity index (χ3n) is 3.68. The summed E-state index contributed by atoms with van der Waals surface area (Å²) in [6, 6.07) is 7.10. The molecule has 0 fully saturated rings. The molecule has 0 aliphatic heterocycles. The molecule has 2 rings (SSSR count). The van der Waals surface area contributed by atoms with Crippen molar-refractivity contribution in [3.63, 3.8) is 0 Å². The van der Waals surface area contributed by atoms with Crippen molar-refractivity contribution in [3.05, 3.63) is 34.9 Å². The first-order valence-corrected chi connectivity index (χ1v) is 7.33. The first-order valence-electron chi connectivity index (χ1n) is 6.69. The van der Waals surface area contributed by atoms with E-state index in [4.69, 9.17) is 0 Å². The van der Waals surface area contributed by atoms with Crippen LogP contribution in [0.4, 0.5) is 0 Å². The van der Waals surface area contributed by atoms with E-state index in [0.717, 1.165) is 25.3 Å². The summed E-state index contributed by atoms with van der Waals surface area (Å²) in [6.07, 6.45) is 6.48. The fourth-order valence-corrected chi connectivity index (χ4v) is 2.89. The lowest BCUT2D eigenvalue weighted by Gasteiger charge is -2.18. The fourth-order valence-electron chi connectivity index (χ4n) is 2.54. The van der Waals surface area contributed by atoms with Gasteiger partial charge in [0.2, 0.25) is 0 Å². The molecule has 94 valence electrons. The van der Waals surface area contributed by atoms with Crippen LogP contribution in [0.5, 0.6) is 0 Å². The number of likely N-dealkylation sites (N-methyl/N-ethyl adjacent to an activating group) is 1. The van der Waals surface area contributed by atoms with Gasteiger partial charge in [0.05, 0.1) is 0 Å². The molecule has 0 atom stereocenters. The van der Waals surface area contributed by atoms with Crippen molar-refractivity contribution in [1.29, 1.82) is 0 Å². The second-order valence-corrected chi connectivity index (χ2v) is 5.53.